The number of hydrogen-bond acceptors (Lipinski definition) is 4. The molecule has 2 atom stereocenters. The van der Waals surface area contributed by atoms with Crippen LogP contribution in [0, 0.1) is 5.92 Å². The maximum atomic E-state index is 12.5. The highest BCUT2D eigenvalue weighted by molar-refractivity contribution is 5.95. The number of carbonyl (C=O) groups excluding carboxylic acids is 1. The van der Waals surface area contributed by atoms with Gasteiger partial charge in [-0.1, -0.05) is 61.5 Å². The van der Waals surface area contributed by atoms with E-state index in [-0.39, 0.29) is 17.8 Å². The van der Waals surface area contributed by atoms with Gasteiger partial charge in [-0.2, -0.15) is 5.10 Å². The minimum Gasteiger partial charge on any atom is -0.481 e. The molecular weight excluding hydrogens is 398 g/mol. The SMILES string of the molecule is CC(CC(Cc1ccc(-c2ccccc2)cc1)NC(=O)c1cc(C(=O)O)[nH]n1)C(=O)O. The summed E-state index contributed by atoms with van der Waals surface area (Å²) >= 11 is 0. The molecule has 1 amide bonds. The predicted octanol–water partition coefficient (Wildman–Crippen LogP) is 3.23. The van der Waals surface area contributed by atoms with Crippen LogP contribution in [0.15, 0.2) is 60.7 Å². The Morgan fingerprint density at radius 2 is 1.65 bits per heavy atom. The number of aromatic nitrogens is 2. The summed E-state index contributed by atoms with van der Waals surface area (Å²) in [5, 5.41) is 27.0. The summed E-state index contributed by atoms with van der Waals surface area (Å²) in [6.07, 6.45) is 0.645. The largest absolute Gasteiger partial charge is 0.481 e. The Kier molecular flexibility index (Phi) is 6.81. The highest BCUT2D eigenvalue weighted by Crippen LogP contribution is 2.21. The molecule has 31 heavy (non-hydrogen) atoms. The first-order valence-electron chi connectivity index (χ1n) is 9.80. The zero-order chi connectivity index (χ0) is 22.4. The molecule has 0 fully saturated rings. The number of benzene rings is 2. The minimum absolute atomic E-state index is 0.0650. The number of amides is 1. The molecule has 0 saturated carbocycles. The number of aromatic carboxylic acids is 1. The summed E-state index contributed by atoms with van der Waals surface area (Å²) in [5.41, 5.74) is 2.82. The van der Waals surface area contributed by atoms with Crippen molar-refractivity contribution in [2.24, 2.45) is 5.92 Å². The average Bonchev–Trinajstić information content (AvgIpc) is 3.25. The van der Waals surface area contributed by atoms with E-state index in [2.05, 4.69) is 15.5 Å². The number of aliphatic carboxylic acids is 1. The van der Waals surface area contributed by atoms with E-state index in [1.165, 1.54) is 0 Å². The van der Waals surface area contributed by atoms with Gasteiger partial charge in [-0.15, -0.1) is 0 Å². The van der Waals surface area contributed by atoms with Gasteiger partial charge in [0.25, 0.3) is 5.91 Å². The van der Waals surface area contributed by atoms with E-state index in [0.717, 1.165) is 22.8 Å². The molecule has 0 aliphatic carbocycles. The van der Waals surface area contributed by atoms with Crippen molar-refractivity contribution in [1.29, 1.82) is 0 Å². The van der Waals surface area contributed by atoms with Crippen molar-refractivity contribution >= 4 is 17.8 Å². The molecule has 4 N–H and O–H groups in total. The van der Waals surface area contributed by atoms with Gasteiger partial charge in [-0.05, 0) is 29.5 Å². The van der Waals surface area contributed by atoms with E-state index in [9.17, 15) is 19.5 Å². The van der Waals surface area contributed by atoms with Crippen LogP contribution in [0.3, 0.4) is 0 Å². The number of carboxylic acids is 2. The molecular formula is C23H23N3O5. The molecule has 0 aliphatic rings. The van der Waals surface area contributed by atoms with Crippen molar-refractivity contribution in [3.05, 3.63) is 77.6 Å². The molecule has 2 aromatic carbocycles. The Hall–Kier alpha value is -3.94. The molecule has 0 bridgehead atoms. The molecule has 8 heteroatoms. The number of nitrogens with one attached hydrogen (secondary N) is 2. The first kappa shape index (κ1) is 21.8. The molecule has 0 spiro atoms. The maximum absolute atomic E-state index is 12.5. The number of nitrogens with zero attached hydrogens (tertiary/aromatic N) is 1. The predicted molar refractivity (Wildman–Crippen MR) is 114 cm³/mol. The van der Waals surface area contributed by atoms with E-state index in [4.69, 9.17) is 5.11 Å². The van der Waals surface area contributed by atoms with Crippen LogP contribution in [0.1, 0.15) is 39.9 Å². The summed E-state index contributed by atoms with van der Waals surface area (Å²) in [4.78, 5) is 34.8. The van der Waals surface area contributed by atoms with Crippen LogP contribution in [0.5, 0.6) is 0 Å². The summed E-state index contributed by atoms with van der Waals surface area (Å²) in [6.45, 7) is 1.58. The fourth-order valence-electron chi connectivity index (χ4n) is 3.28. The lowest BCUT2D eigenvalue weighted by molar-refractivity contribution is -0.141. The molecule has 160 valence electrons. The molecule has 1 heterocycles. The molecule has 8 nitrogen and oxygen atoms in total. The average molecular weight is 421 g/mol. The summed E-state index contributed by atoms with van der Waals surface area (Å²) in [5.74, 6) is -3.40. The zero-order valence-electron chi connectivity index (χ0n) is 16.9. The summed E-state index contributed by atoms with van der Waals surface area (Å²) in [6, 6.07) is 18.5. The van der Waals surface area contributed by atoms with Crippen molar-refractivity contribution in [3.8, 4) is 11.1 Å². The Morgan fingerprint density at radius 3 is 2.23 bits per heavy atom. The quantitative estimate of drug-likeness (QED) is 0.419. The van der Waals surface area contributed by atoms with E-state index < -0.39 is 29.8 Å². The summed E-state index contributed by atoms with van der Waals surface area (Å²) in [7, 11) is 0. The van der Waals surface area contributed by atoms with Gasteiger partial charge < -0.3 is 15.5 Å². The number of aromatic amines is 1. The van der Waals surface area contributed by atoms with Gasteiger partial charge in [0, 0.05) is 12.1 Å². The lowest BCUT2D eigenvalue weighted by atomic mass is 9.95. The smallest absolute Gasteiger partial charge is 0.353 e. The second-order valence-corrected chi connectivity index (χ2v) is 7.38. The fraction of sp³-hybridized carbons (Fsp3) is 0.217. The van der Waals surface area contributed by atoms with Gasteiger partial charge in [0.05, 0.1) is 5.92 Å². The van der Waals surface area contributed by atoms with Crippen LogP contribution in [0.25, 0.3) is 11.1 Å². The third kappa shape index (κ3) is 5.79. The molecule has 3 aromatic rings. The third-order valence-corrected chi connectivity index (χ3v) is 4.98. The lowest BCUT2D eigenvalue weighted by Gasteiger charge is -2.20. The van der Waals surface area contributed by atoms with E-state index in [1.54, 1.807) is 6.92 Å². The van der Waals surface area contributed by atoms with Crippen molar-refractivity contribution < 1.29 is 24.6 Å². The second-order valence-electron chi connectivity index (χ2n) is 7.38. The molecule has 2 unspecified atom stereocenters. The van der Waals surface area contributed by atoms with Crippen molar-refractivity contribution in [1.82, 2.24) is 15.5 Å². The fourth-order valence-corrected chi connectivity index (χ4v) is 3.28. The number of carbonyl (C=O) groups is 3. The van der Waals surface area contributed by atoms with Gasteiger partial charge in [0.15, 0.2) is 5.69 Å². The highest BCUT2D eigenvalue weighted by Gasteiger charge is 2.22. The van der Waals surface area contributed by atoms with Gasteiger partial charge in [-0.3, -0.25) is 14.7 Å². The van der Waals surface area contributed by atoms with E-state index in [0.29, 0.717) is 6.42 Å². The number of rotatable bonds is 9. The van der Waals surface area contributed by atoms with Gasteiger partial charge in [0.1, 0.15) is 5.69 Å². The van der Waals surface area contributed by atoms with Crippen LogP contribution >= 0.6 is 0 Å². The Bertz CT molecular complexity index is 1060. The van der Waals surface area contributed by atoms with Crippen molar-refractivity contribution in [2.75, 3.05) is 0 Å². The monoisotopic (exact) mass is 421 g/mol. The topological polar surface area (TPSA) is 132 Å². The van der Waals surface area contributed by atoms with Gasteiger partial charge in [-0.25, -0.2) is 4.79 Å². The van der Waals surface area contributed by atoms with Crippen LogP contribution in [0.4, 0.5) is 0 Å². The summed E-state index contributed by atoms with van der Waals surface area (Å²) < 4.78 is 0. The minimum atomic E-state index is -1.22. The lowest BCUT2D eigenvalue weighted by Crippen LogP contribution is -2.38. The first-order valence-corrected chi connectivity index (χ1v) is 9.80. The van der Waals surface area contributed by atoms with E-state index in [1.807, 2.05) is 54.6 Å². The van der Waals surface area contributed by atoms with Crippen LogP contribution < -0.4 is 5.32 Å². The zero-order valence-corrected chi connectivity index (χ0v) is 16.9. The first-order chi connectivity index (χ1) is 14.8. The van der Waals surface area contributed by atoms with E-state index >= 15 is 0 Å². The van der Waals surface area contributed by atoms with Gasteiger partial charge >= 0.3 is 11.9 Å². The molecule has 0 radical (unpaired) electrons. The molecule has 0 saturated heterocycles. The van der Waals surface area contributed by atoms with Crippen LogP contribution in [-0.2, 0) is 11.2 Å². The Labute approximate surface area is 178 Å². The maximum Gasteiger partial charge on any atom is 0.353 e. The van der Waals surface area contributed by atoms with Crippen LogP contribution in [-0.4, -0.2) is 44.3 Å². The third-order valence-electron chi connectivity index (χ3n) is 4.98. The van der Waals surface area contributed by atoms with Crippen molar-refractivity contribution in [2.45, 2.75) is 25.8 Å². The Morgan fingerprint density at radius 1 is 1.00 bits per heavy atom. The molecule has 1 aromatic heterocycles. The molecule has 3 rings (SSSR count). The number of H-pyrrole nitrogens is 1. The Balaban J connectivity index is 1.74. The standard InChI is InChI=1S/C23H23N3O5/c1-14(22(28)29)11-18(24-21(27)19-13-20(23(30)31)26-25-19)12-15-7-9-17(10-8-15)16-5-3-2-4-6-16/h2-10,13-14,18H,11-12H2,1H3,(H,24,27)(H,25,26)(H,28,29)(H,30,31). The molecule has 0 aliphatic heterocycles. The van der Waals surface area contributed by atoms with Crippen LogP contribution in [0.2, 0.25) is 0 Å². The number of carboxylic acid groups (broad SMARTS) is 2. The van der Waals surface area contributed by atoms with Gasteiger partial charge in [0.2, 0.25) is 0 Å². The number of hydrogen-bond donors (Lipinski definition) is 4. The van der Waals surface area contributed by atoms with Crippen molar-refractivity contribution in [3.63, 3.8) is 0 Å². The highest BCUT2D eigenvalue weighted by atomic mass is 16.4. The normalized spacial score (nSPS) is 12.7. The second kappa shape index (κ2) is 9.71.